The van der Waals surface area contributed by atoms with Gasteiger partial charge in [-0.05, 0) is 54.1 Å². The number of aromatic nitrogens is 1. The van der Waals surface area contributed by atoms with Crippen molar-refractivity contribution >= 4 is 6.02 Å². The fourth-order valence-corrected chi connectivity index (χ4v) is 4.00. The molecule has 2 heterocycles. The average Bonchev–Trinajstić information content (AvgIpc) is 2.87. The molecule has 166 valence electrons. The van der Waals surface area contributed by atoms with Crippen LogP contribution in [0.2, 0.25) is 0 Å². The van der Waals surface area contributed by atoms with Crippen LogP contribution in [-0.2, 0) is 4.74 Å². The Balaban J connectivity index is 1.55. The second kappa shape index (κ2) is 8.96. The zero-order valence-corrected chi connectivity index (χ0v) is 18.1. The summed E-state index contributed by atoms with van der Waals surface area (Å²) in [7, 11) is 0. The van der Waals surface area contributed by atoms with E-state index in [1.165, 1.54) is 0 Å². The number of ether oxygens (including phenoxy) is 3. The molecule has 0 saturated heterocycles. The summed E-state index contributed by atoms with van der Waals surface area (Å²) in [5.41, 5.74) is 9.66. The Kier molecular flexibility index (Phi) is 5.55. The van der Waals surface area contributed by atoms with E-state index >= 15 is 0 Å². The number of nitrogens with zero attached hydrogens (tertiary/aromatic N) is 2. The molecule has 34 heavy (non-hydrogen) atoms. The minimum Gasteiger partial charge on any atom is -0.465 e. The van der Waals surface area contributed by atoms with Gasteiger partial charge >= 0.3 is 0 Å². The van der Waals surface area contributed by atoms with Crippen LogP contribution in [0.5, 0.6) is 23.0 Å². The SMILES string of the molecule is N#Cc1ccccc1Oc1ccc2c(c1)C(COC(=N)N)c1cc(-c3cccnc3)ccc1O2. The number of pyridine rings is 1. The maximum Gasteiger partial charge on any atom is 0.279 e. The van der Waals surface area contributed by atoms with Crippen molar-refractivity contribution in [1.82, 2.24) is 4.98 Å². The lowest BCUT2D eigenvalue weighted by Crippen LogP contribution is -2.21. The van der Waals surface area contributed by atoms with Crippen molar-refractivity contribution in [2.45, 2.75) is 5.92 Å². The predicted octanol–water partition coefficient (Wildman–Crippen LogP) is 5.56. The van der Waals surface area contributed by atoms with Crippen LogP contribution in [0.3, 0.4) is 0 Å². The molecule has 1 atom stereocenters. The summed E-state index contributed by atoms with van der Waals surface area (Å²) < 4.78 is 17.7. The number of fused-ring (bicyclic) bond motifs is 2. The van der Waals surface area contributed by atoms with Crippen LogP contribution in [0, 0.1) is 16.7 Å². The molecule has 0 radical (unpaired) electrons. The van der Waals surface area contributed by atoms with Crippen LogP contribution >= 0.6 is 0 Å². The highest BCUT2D eigenvalue weighted by atomic mass is 16.5. The Labute approximate surface area is 196 Å². The molecule has 1 unspecified atom stereocenters. The van der Waals surface area contributed by atoms with Crippen molar-refractivity contribution in [1.29, 1.82) is 10.7 Å². The first kappa shape index (κ1) is 21.0. The first-order chi connectivity index (χ1) is 16.6. The summed E-state index contributed by atoms with van der Waals surface area (Å²) in [5, 5.41) is 16.9. The number of nitrogens with two attached hydrogens (primary N) is 1. The third-order valence-corrected chi connectivity index (χ3v) is 5.60. The van der Waals surface area contributed by atoms with E-state index < -0.39 is 0 Å². The zero-order chi connectivity index (χ0) is 23.5. The Morgan fingerprint density at radius 3 is 2.56 bits per heavy atom. The highest BCUT2D eigenvalue weighted by Crippen LogP contribution is 2.47. The molecule has 0 spiro atoms. The van der Waals surface area contributed by atoms with Crippen molar-refractivity contribution < 1.29 is 14.2 Å². The number of nitriles is 1. The highest BCUT2D eigenvalue weighted by molar-refractivity contribution is 5.69. The normalized spacial score (nSPS) is 13.6. The molecule has 0 bridgehead atoms. The van der Waals surface area contributed by atoms with E-state index in [4.69, 9.17) is 25.4 Å². The summed E-state index contributed by atoms with van der Waals surface area (Å²) in [4.78, 5) is 4.21. The van der Waals surface area contributed by atoms with Gasteiger partial charge in [-0.1, -0.05) is 24.3 Å². The number of amidine groups is 1. The van der Waals surface area contributed by atoms with Gasteiger partial charge in [0.15, 0.2) is 0 Å². The smallest absolute Gasteiger partial charge is 0.279 e. The van der Waals surface area contributed by atoms with E-state index in [0.717, 1.165) is 22.3 Å². The largest absolute Gasteiger partial charge is 0.465 e. The Bertz CT molecular complexity index is 1410. The number of para-hydroxylation sites is 1. The second-order valence-electron chi connectivity index (χ2n) is 7.73. The summed E-state index contributed by atoms with van der Waals surface area (Å²) in [5.74, 6) is 2.15. The standard InChI is InChI=1S/C27H20N4O3/c28-14-18-4-1-2-6-24(18)33-20-8-10-26-22(13-20)23(16-32-27(29)30)21-12-17(7-9-25(21)34-26)19-5-3-11-31-15-19/h1-13,15,23H,16H2,(H3,29,30). The third-order valence-electron chi connectivity index (χ3n) is 5.60. The van der Waals surface area contributed by atoms with E-state index in [-0.39, 0.29) is 18.5 Å². The average molecular weight is 448 g/mol. The molecular formula is C27H20N4O3. The van der Waals surface area contributed by atoms with Crippen molar-refractivity contribution in [2.75, 3.05) is 6.61 Å². The summed E-state index contributed by atoms with van der Waals surface area (Å²) in [6.07, 6.45) is 3.54. The maximum absolute atomic E-state index is 9.38. The van der Waals surface area contributed by atoms with E-state index in [0.29, 0.717) is 28.6 Å². The van der Waals surface area contributed by atoms with Crippen molar-refractivity contribution in [3.8, 4) is 40.2 Å². The number of nitrogens with one attached hydrogen (secondary N) is 1. The molecule has 1 aromatic heterocycles. The number of hydrogen-bond donors (Lipinski definition) is 2. The molecule has 0 saturated carbocycles. The molecule has 3 aromatic carbocycles. The lowest BCUT2D eigenvalue weighted by molar-refractivity contribution is 0.274. The summed E-state index contributed by atoms with van der Waals surface area (Å²) in [6.45, 7) is 0.160. The van der Waals surface area contributed by atoms with Gasteiger partial charge in [-0.3, -0.25) is 10.4 Å². The van der Waals surface area contributed by atoms with Crippen molar-refractivity contribution in [2.24, 2.45) is 5.73 Å². The maximum atomic E-state index is 9.38. The molecule has 1 aliphatic heterocycles. The molecule has 7 nitrogen and oxygen atoms in total. The van der Waals surface area contributed by atoms with Gasteiger partial charge in [-0.25, -0.2) is 0 Å². The Hall–Kier alpha value is -4.83. The van der Waals surface area contributed by atoms with E-state index in [1.54, 1.807) is 36.7 Å². The lowest BCUT2D eigenvalue weighted by Gasteiger charge is -2.29. The van der Waals surface area contributed by atoms with Crippen molar-refractivity contribution in [3.05, 3.63) is 102 Å². The molecular weight excluding hydrogens is 428 g/mol. The van der Waals surface area contributed by atoms with Gasteiger partial charge in [0.2, 0.25) is 0 Å². The molecule has 5 rings (SSSR count). The zero-order valence-electron chi connectivity index (χ0n) is 18.1. The Morgan fingerprint density at radius 1 is 1.00 bits per heavy atom. The van der Waals surface area contributed by atoms with Crippen LogP contribution in [0.15, 0.2) is 85.2 Å². The van der Waals surface area contributed by atoms with Gasteiger partial charge in [0.25, 0.3) is 6.02 Å². The van der Waals surface area contributed by atoms with Gasteiger partial charge in [0.05, 0.1) is 11.5 Å². The van der Waals surface area contributed by atoms with Gasteiger partial charge < -0.3 is 19.9 Å². The van der Waals surface area contributed by atoms with E-state index in [2.05, 4.69) is 11.1 Å². The minimum absolute atomic E-state index is 0.160. The van der Waals surface area contributed by atoms with Gasteiger partial charge in [0, 0.05) is 29.1 Å². The summed E-state index contributed by atoms with van der Waals surface area (Å²) in [6, 6.07) is 24.2. The summed E-state index contributed by atoms with van der Waals surface area (Å²) >= 11 is 0. The van der Waals surface area contributed by atoms with E-state index in [1.807, 2.05) is 48.5 Å². The van der Waals surface area contributed by atoms with E-state index in [9.17, 15) is 5.26 Å². The van der Waals surface area contributed by atoms with Crippen LogP contribution in [0.4, 0.5) is 0 Å². The molecule has 7 heteroatoms. The van der Waals surface area contributed by atoms with Gasteiger partial charge in [0.1, 0.15) is 35.7 Å². The Morgan fingerprint density at radius 2 is 1.79 bits per heavy atom. The van der Waals surface area contributed by atoms with Crippen LogP contribution in [0.25, 0.3) is 11.1 Å². The monoisotopic (exact) mass is 448 g/mol. The topological polar surface area (TPSA) is 114 Å². The second-order valence-corrected chi connectivity index (χ2v) is 7.73. The first-order valence-electron chi connectivity index (χ1n) is 10.6. The number of rotatable bonds is 5. The number of hydrogen-bond acceptors (Lipinski definition) is 6. The number of benzene rings is 3. The lowest BCUT2D eigenvalue weighted by atomic mass is 9.87. The van der Waals surface area contributed by atoms with Gasteiger partial charge in [-0.2, -0.15) is 5.26 Å². The first-order valence-corrected chi connectivity index (χ1v) is 10.6. The fraction of sp³-hybridized carbons (Fsp3) is 0.0741. The van der Waals surface area contributed by atoms with Crippen LogP contribution < -0.4 is 15.2 Å². The van der Waals surface area contributed by atoms with Crippen LogP contribution in [0.1, 0.15) is 22.6 Å². The van der Waals surface area contributed by atoms with Gasteiger partial charge in [-0.15, -0.1) is 0 Å². The highest BCUT2D eigenvalue weighted by Gasteiger charge is 2.29. The molecule has 1 aliphatic rings. The van der Waals surface area contributed by atoms with Crippen molar-refractivity contribution in [3.63, 3.8) is 0 Å². The predicted molar refractivity (Wildman–Crippen MR) is 127 cm³/mol. The molecule has 4 aromatic rings. The molecule has 3 N–H and O–H groups in total. The quantitative estimate of drug-likeness (QED) is 0.305. The van der Waals surface area contributed by atoms with Crippen LogP contribution in [-0.4, -0.2) is 17.6 Å². The minimum atomic E-state index is -0.353. The molecule has 0 aliphatic carbocycles. The molecule has 0 amide bonds. The fourth-order valence-electron chi connectivity index (χ4n) is 4.00. The molecule has 0 fully saturated rings. The third kappa shape index (κ3) is 4.12.